The lowest BCUT2D eigenvalue weighted by Crippen LogP contribution is -2.04. The van der Waals surface area contributed by atoms with Gasteiger partial charge in [-0.2, -0.15) is 0 Å². The first-order valence-electron chi connectivity index (χ1n) is 6.25. The van der Waals surface area contributed by atoms with Crippen LogP contribution in [0.4, 0.5) is 8.78 Å². The van der Waals surface area contributed by atoms with Gasteiger partial charge in [-0.05, 0) is 37.3 Å². The number of fused-ring (bicyclic) bond motifs is 1. The monoisotopic (exact) mass is 326 g/mol. The maximum Gasteiger partial charge on any atom is 0.151 e. The van der Waals surface area contributed by atoms with Crippen molar-refractivity contribution in [1.29, 1.82) is 0 Å². The van der Waals surface area contributed by atoms with Crippen LogP contribution in [-0.2, 0) is 0 Å². The first-order valence-corrected chi connectivity index (χ1v) is 7.07. The van der Waals surface area contributed by atoms with E-state index in [1.54, 1.807) is 25.1 Å². The van der Waals surface area contributed by atoms with E-state index in [9.17, 15) is 8.78 Å². The third kappa shape index (κ3) is 2.39. The average Bonchev–Trinajstić information content (AvgIpc) is 2.80. The minimum atomic E-state index is -0.523. The Morgan fingerprint density at radius 2 is 1.90 bits per heavy atom. The Labute approximate surface area is 129 Å². The van der Waals surface area contributed by atoms with Gasteiger partial charge >= 0.3 is 0 Å². The number of aromatic nitrogens is 2. The van der Waals surface area contributed by atoms with E-state index in [4.69, 9.17) is 23.2 Å². The molecule has 0 aliphatic rings. The van der Waals surface area contributed by atoms with E-state index in [1.807, 2.05) is 0 Å². The molecule has 3 aromatic rings. The number of halogens is 4. The van der Waals surface area contributed by atoms with Crippen LogP contribution >= 0.6 is 23.2 Å². The van der Waals surface area contributed by atoms with Gasteiger partial charge in [-0.1, -0.05) is 17.7 Å². The summed E-state index contributed by atoms with van der Waals surface area (Å²) in [5.74, 6) is -0.623. The first-order chi connectivity index (χ1) is 9.99. The summed E-state index contributed by atoms with van der Waals surface area (Å²) >= 11 is 11.9. The van der Waals surface area contributed by atoms with Crippen LogP contribution in [0.5, 0.6) is 0 Å². The first kappa shape index (κ1) is 14.3. The van der Waals surface area contributed by atoms with Gasteiger partial charge in [0.15, 0.2) is 5.82 Å². The van der Waals surface area contributed by atoms with Gasteiger partial charge in [-0.3, -0.25) is 4.57 Å². The van der Waals surface area contributed by atoms with Crippen LogP contribution in [0, 0.1) is 11.6 Å². The Bertz CT molecular complexity index is 828. The summed E-state index contributed by atoms with van der Waals surface area (Å²) in [4.78, 5) is 4.21. The normalized spacial score (nSPS) is 12.8. The Hall–Kier alpha value is -1.65. The van der Waals surface area contributed by atoms with Gasteiger partial charge in [-0.25, -0.2) is 13.8 Å². The second-order valence-electron chi connectivity index (χ2n) is 4.62. The van der Waals surface area contributed by atoms with Gasteiger partial charge in [0.1, 0.15) is 17.2 Å². The molecule has 0 aliphatic heterocycles. The standard InChI is InChI=1S/C15H10Cl2F2N2/c1-8(16)15-20-14-10(18)3-2-4-13(14)21(15)12-6-5-9(17)7-11(12)19/h2-8H,1H3. The lowest BCUT2D eigenvalue weighted by molar-refractivity contribution is 0.616. The number of hydrogen-bond acceptors (Lipinski definition) is 1. The zero-order valence-corrected chi connectivity index (χ0v) is 12.5. The summed E-state index contributed by atoms with van der Waals surface area (Å²) in [7, 11) is 0. The molecule has 0 fully saturated rings. The smallest absolute Gasteiger partial charge is 0.151 e. The molecule has 1 atom stereocenters. The Morgan fingerprint density at radius 1 is 1.14 bits per heavy atom. The van der Waals surface area contributed by atoms with Crippen molar-refractivity contribution in [2.24, 2.45) is 0 Å². The fourth-order valence-electron chi connectivity index (χ4n) is 2.27. The third-order valence-corrected chi connectivity index (χ3v) is 3.60. The largest absolute Gasteiger partial charge is 0.292 e. The topological polar surface area (TPSA) is 17.8 Å². The Morgan fingerprint density at radius 3 is 2.57 bits per heavy atom. The predicted octanol–water partition coefficient (Wildman–Crippen LogP) is 5.26. The van der Waals surface area contributed by atoms with Crippen molar-refractivity contribution in [3.63, 3.8) is 0 Å². The molecule has 2 nitrogen and oxygen atoms in total. The maximum absolute atomic E-state index is 14.2. The number of imidazole rings is 1. The van der Waals surface area contributed by atoms with Crippen LogP contribution in [-0.4, -0.2) is 9.55 Å². The molecule has 2 aromatic carbocycles. The molecule has 0 bridgehead atoms. The van der Waals surface area contributed by atoms with Crippen molar-refractivity contribution in [3.8, 4) is 5.69 Å². The summed E-state index contributed by atoms with van der Waals surface area (Å²) in [6.45, 7) is 1.70. The van der Waals surface area contributed by atoms with E-state index in [2.05, 4.69) is 4.98 Å². The molecule has 0 spiro atoms. The molecular formula is C15H10Cl2F2N2. The highest BCUT2D eigenvalue weighted by molar-refractivity contribution is 6.30. The minimum absolute atomic E-state index is 0.161. The van der Waals surface area contributed by atoms with Crippen molar-refractivity contribution in [3.05, 3.63) is 58.9 Å². The van der Waals surface area contributed by atoms with E-state index in [0.717, 1.165) is 0 Å². The lowest BCUT2D eigenvalue weighted by Gasteiger charge is -2.11. The number of para-hydroxylation sites is 1. The van der Waals surface area contributed by atoms with Crippen LogP contribution in [0.2, 0.25) is 5.02 Å². The van der Waals surface area contributed by atoms with Gasteiger partial charge in [0.2, 0.25) is 0 Å². The second kappa shape index (κ2) is 5.28. The second-order valence-corrected chi connectivity index (χ2v) is 5.72. The SMILES string of the molecule is CC(Cl)c1nc2c(F)cccc2n1-c1ccc(Cl)cc1F. The van der Waals surface area contributed by atoms with Crippen molar-refractivity contribution < 1.29 is 8.78 Å². The molecule has 0 amide bonds. The van der Waals surface area contributed by atoms with Gasteiger partial charge in [0.05, 0.1) is 16.6 Å². The van der Waals surface area contributed by atoms with Crippen molar-refractivity contribution in [1.82, 2.24) is 9.55 Å². The van der Waals surface area contributed by atoms with Gasteiger partial charge in [0.25, 0.3) is 0 Å². The Kier molecular flexibility index (Phi) is 3.59. The highest BCUT2D eigenvalue weighted by Gasteiger charge is 2.20. The Balaban J connectivity index is 2.39. The highest BCUT2D eigenvalue weighted by atomic mass is 35.5. The molecule has 21 heavy (non-hydrogen) atoms. The minimum Gasteiger partial charge on any atom is -0.292 e. The van der Waals surface area contributed by atoms with E-state index in [0.29, 0.717) is 11.3 Å². The van der Waals surface area contributed by atoms with Crippen LogP contribution in [0.15, 0.2) is 36.4 Å². The van der Waals surface area contributed by atoms with Crippen molar-refractivity contribution in [2.45, 2.75) is 12.3 Å². The molecule has 0 N–H and O–H groups in total. The quantitative estimate of drug-likeness (QED) is 0.587. The van der Waals surface area contributed by atoms with E-state index < -0.39 is 17.0 Å². The molecular weight excluding hydrogens is 317 g/mol. The summed E-state index contributed by atoms with van der Waals surface area (Å²) in [6, 6.07) is 8.81. The third-order valence-electron chi connectivity index (χ3n) is 3.17. The van der Waals surface area contributed by atoms with Gasteiger partial charge in [-0.15, -0.1) is 11.6 Å². The number of hydrogen-bond donors (Lipinski definition) is 0. The van der Waals surface area contributed by atoms with Crippen LogP contribution in [0.25, 0.3) is 16.7 Å². The maximum atomic E-state index is 14.2. The van der Waals surface area contributed by atoms with Crippen LogP contribution in [0.3, 0.4) is 0 Å². The molecule has 1 heterocycles. The summed E-state index contributed by atoms with van der Waals surface area (Å²) in [5.41, 5.74) is 0.850. The van der Waals surface area contributed by atoms with Crippen molar-refractivity contribution >= 4 is 34.2 Å². The molecule has 0 aliphatic carbocycles. The predicted molar refractivity (Wildman–Crippen MR) is 80.3 cm³/mol. The molecule has 0 saturated carbocycles. The van der Waals surface area contributed by atoms with E-state index >= 15 is 0 Å². The van der Waals surface area contributed by atoms with Crippen LogP contribution in [0.1, 0.15) is 18.1 Å². The summed E-state index contributed by atoms with van der Waals surface area (Å²) < 4.78 is 29.6. The average molecular weight is 327 g/mol. The summed E-state index contributed by atoms with van der Waals surface area (Å²) in [6.07, 6.45) is 0. The number of nitrogens with zero attached hydrogens (tertiary/aromatic N) is 2. The molecule has 0 radical (unpaired) electrons. The molecule has 1 unspecified atom stereocenters. The molecule has 3 rings (SSSR count). The fraction of sp³-hybridized carbons (Fsp3) is 0.133. The molecule has 108 valence electrons. The zero-order chi connectivity index (χ0) is 15.1. The zero-order valence-electron chi connectivity index (χ0n) is 10.9. The molecule has 6 heteroatoms. The number of benzene rings is 2. The number of alkyl halides is 1. The highest BCUT2D eigenvalue weighted by Crippen LogP contribution is 2.31. The van der Waals surface area contributed by atoms with E-state index in [1.165, 1.54) is 22.8 Å². The molecule has 1 aromatic heterocycles. The fourth-order valence-corrected chi connectivity index (χ4v) is 2.57. The number of rotatable bonds is 2. The van der Waals surface area contributed by atoms with Crippen molar-refractivity contribution in [2.75, 3.05) is 0 Å². The molecule has 0 saturated heterocycles. The van der Waals surface area contributed by atoms with Gasteiger partial charge < -0.3 is 0 Å². The lowest BCUT2D eigenvalue weighted by atomic mass is 10.2. The summed E-state index contributed by atoms with van der Waals surface area (Å²) in [5, 5.41) is -0.223. The van der Waals surface area contributed by atoms with E-state index in [-0.39, 0.29) is 16.2 Å². The van der Waals surface area contributed by atoms with Crippen LogP contribution < -0.4 is 0 Å². The van der Waals surface area contributed by atoms with Gasteiger partial charge in [0, 0.05) is 5.02 Å².